The first-order chi connectivity index (χ1) is 16.0. The Balaban J connectivity index is 1.47. The standard InChI is InChI=1S/C28H36N2O3/c1-29(27(32)21-7-4-3-5-8-21)23-16-26(33-2)25-19-30(18-20-11-12-20)14-13-28(25,17-23)22-9-6-10-24(31)15-22/h3-10,15,20,23,25-26,31H,11-14,16-19H2,1-2H3/t23-,25-,26?,28-/m0/s1. The van der Waals surface area contributed by atoms with E-state index in [1.807, 2.05) is 61.5 Å². The Bertz CT molecular complexity index is 976. The number of hydrogen-bond acceptors (Lipinski definition) is 4. The van der Waals surface area contributed by atoms with Crippen LogP contribution >= 0.6 is 0 Å². The molecule has 1 heterocycles. The molecule has 0 aromatic heterocycles. The van der Waals surface area contributed by atoms with Gasteiger partial charge in [0.05, 0.1) is 6.10 Å². The predicted octanol–water partition coefficient (Wildman–Crippen LogP) is 4.31. The lowest BCUT2D eigenvalue weighted by molar-refractivity contribution is -0.0794. The minimum absolute atomic E-state index is 0.0612. The lowest BCUT2D eigenvalue weighted by atomic mass is 9.56. The van der Waals surface area contributed by atoms with Crippen LogP contribution in [-0.4, -0.2) is 66.8 Å². The second-order valence-corrected chi connectivity index (χ2v) is 10.4. The number of fused-ring (bicyclic) bond motifs is 1. The third-order valence-electron chi connectivity index (χ3n) is 8.42. The molecule has 3 fully saturated rings. The van der Waals surface area contributed by atoms with Crippen molar-refractivity contribution in [3.63, 3.8) is 0 Å². The minimum atomic E-state index is -0.117. The van der Waals surface area contributed by atoms with Crippen LogP contribution in [0.1, 0.15) is 48.0 Å². The molecule has 0 radical (unpaired) electrons. The van der Waals surface area contributed by atoms with Crippen molar-refractivity contribution in [3.8, 4) is 5.75 Å². The van der Waals surface area contributed by atoms with E-state index in [9.17, 15) is 9.90 Å². The van der Waals surface area contributed by atoms with Crippen molar-refractivity contribution in [2.24, 2.45) is 11.8 Å². The number of aromatic hydroxyl groups is 1. The zero-order valence-corrected chi connectivity index (χ0v) is 19.8. The topological polar surface area (TPSA) is 53.0 Å². The molecule has 2 aliphatic carbocycles. The number of benzene rings is 2. The van der Waals surface area contributed by atoms with E-state index < -0.39 is 0 Å². The number of likely N-dealkylation sites (tertiary alicyclic amines) is 1. The molecule has 1 unspecified atom stereocenters. The van der Waals surface area contributed by atoms with Gasteiger partial charge in [0.15, 0.2) is 0 Å². The van der Waals surface area contributed by atoms with Gasteiger partial charge in [0, 0.05) is 50.2 Å². The fourth-order valence-electron chi connectivity index (χ4n) is 6.38. The number of phenols is 1. The molecule has 5 rings (SSSR count). The van der Waals surface area contributed by atoms with Crippen LogP contribution in [0.4, 0.5) is 0 Å². The molecule has 0 bridgehead atoms. The fourth-order valence-corrected chi connectivity index (χ4v) is 6.38. The molecule has 1 N–H and O–H groups in total. The maximum atomic E-state index is 13.3. The number of hydrogen-bond donors (Lipinski definition) is 1. The van der Waals surface area contributed by atoms with E-state index in [1.54, 1.807) is 6.07 Å². The number of nitrogens with zero attached hydrogens (tertiary/aromatic N) is 2. The monoisotopic (exact) mass is 448 g/mol. The van der Waals surface area contributed by atoms with Crippen molar-refractivity contribution >= 4 is 5.91 Å². The van der Waals surface area contributed by atoms with Gasteiger partial charge in [-0.3, -0.25) is 4.79 Å². The first-order valence-electron chi connectivity index (χ1n) is 12.4. The van der Waals surface area contributed by atoms with E-state index in [0.29, 0.717) is 11.7 Å². The smallest absolute Gasteiger partial charge is 0.253 e. The maximum absolute atomic E-state index is 13.3. The van der Waals surface area contributed by atoms with Crippen LogP contribution in [0.5, 0.6) is 5.75 Å². The lowest BCUT2D eigenvalue weighted by Crippen LogP contribution is -2.61. The number of rotatable bonds is 6. The summed E-state index contributed by atoms with van der Waals surface area (Å²) in [4.78, 5) is 17.9. The van der Waals surface area contributed by atoms with E-state index in [4.69, 9.17) is 4.74 Å². The van der Waals surface area contributed by atoms with Crippen LogP contribution in [-0.2, 0) is 10.2 Å². The number of methoxy groups -OCH3 is 1. The average Bonchev–Trinajstić information content (AvgIpc) is 3.67. The zero-order chi connectivity index (χ0) is 23.0. The minimum Gasteiger partial charge on any atom is -0.508 e. The molecule has 5 nitrogen and oxygen atoms in total. The molecule has 2 saturated carbocycles. The van der Waals surface area contributed by atoms with Gasteiger partial charge in [0.2, 0.25) is 0 Å². The third-order valence-corrected chi connectivity index (χ3v) is 8.42. The van der Waals surface area contributed by atoms with Crippen LogP contribution in [0.15, 0.2) is 54.6 Å². The lowest BCUT2D eigenvalue weighted by Gasteiger charge is -2.56. The molecule has 2 aromatic rings. The molecule has 2 aromatic carbocycles. The highest BCUT2D eigenvalue weighted by Gasteiger charge is 2.53. The van der Waals surface area contributed by atoms with Crippen LogP contribution in [0.2, 0.25) is 0 Å². The molecule has 1 amide bonds. The Hall–Kier alpha value is -2.37. The SMILES string of the molecule is COC1C[C@H](N(C)C(=O)c2ccccc2)C[C@]2(c3cccc(O)c3)CCN(CC3CC3)C[C@@H]12. The summed E-state index contributed by atoms with van der Waals surface area (Å²) in [5, 5.41) is 10.3. The molecule has 1 aliphatic heterocycles. The van der Waals surface area contributed by atoms with Gasteiger partial charge in [-0.25, -0.2) is 0 Å². The summed E-state index contributed by atoms with van der Waals surface area (Å²) in [6, 6.07) is 17.4. The van der Waals surface area contributed by atoms with Gasteiger partial charge in [-0.2, -0.15) is 0 Å². The zero-order valence-electron chi connectivity index (χ0n) is 19.8. The Morgan fingerprint density at radius 2 is 1.97 bits per heavy atom. The van der Waals surface area contributed by atoms with Crippen LogP contribution in [0.25, 0.3) is 0 Å². The van der Waals surface area contributed by atoms with Crippen LogP contribution in [0, 0.1) is 11.8 Å². The summed E-state index contributed by atoms with van der Waals surface area (Å²) in [6.45, 7) is 3.27. The van der Waals surface area contributed by atoms with E-state index in [1.165, 1.54) is 24.9 Å². The summed E-state index contributed by atoms with van der Waals surface area (Å²) in [5.74, 6) is 1.58. The van der Waals surface area contributed by atoms with Gasteiger partial charge in [0.25, 0.3) is 5.91 Å². The first-order valence-corrected chi connectivity index (χ1v) is 12.4. The second kappa shape index (κ2) is 9.11. The predicted molar refractivity (Wildman–Crippen MR) is 129 cm³/mol. The summed E-state index contributed by atoms with van der Waals surface area (Å²) >= 11 is 0. The van der Waals surface area contributed by atoms with Crippen molar-refractivity contribution in [2.45, 2.75) is 49.7 Å². The molecule has 3 aliphatic rings. The van der Waals surface area contributed by atoms with Crippen molar-refractivity contribution in [1.29, 1.82) is 0 Å². The molecule has 0 spiro atoms. The molecule has 176 valence electrons. The molecule has 1 saturated heterocycles. The molecule has 5 heteroatoms. The average molecular weight is 449 g/mol. The number of ether oxygens (including phenoxy) is 1. The number of carbonyl (C=O) groups excluding carboxylic acids is 1. The summed E-state index contributed by atoms with van der Waals surface area (Å²) in [7, 11) is 3.75. The van der Waals surface area contributed by atoms with Gasteiger partial charge in [-0.15, -0.1) is 0 Å². The Labute approximate surface area is 197 Å². The maximum Gasteiger partial charge on any atom is 0.253 e. The molecule has 4 atom stereocenters. The van der Waals surface area contributed by atoms with Gasteiger partial charge >= 0.3 is 0 Å². The van der Waals surface area contributed by atoms with Crippen LogP contribution < -0.4 is 0 Å². The van der Waals surface area contributed by atoms with Crippen molar-refractivity contribution in [3.05, 3.63) is 65.7 Å². The number of amides is 1. The second-order valence-electron chi connectivity index (χ2n) is 10.4. The van der Waals surface area contributed by atoms with E-state index in [-0.39, 0.29) is 23.5 Å². The van der Waals surface area contributed by atoms with Gasteiger partial charge < -0.3 is 19.6 Å². The molecular formula is C28H36N2O3. The molecular weight excluding hydrogens is 412 g/mol. The normalized spacial score (nSPS) is 29.9. The van der Waals surface area contributed by atoms with E-state index >= 15 is 0 Å². The highest BCUT2D eigenvalue weighted by Crippen LogP contribution is 2.51. The Morgan fingerprint density at radius 1 is 1.18 bits per heavy atom. The largest absolute Gasteiger partial charge is 0.508 e. The highest BCUT2D eigenvalue weighted by atomic mass is 16.5. The van der Waals surface area contributed by atoms with Crippen molar-refractivity contribution in [2.75, 3.05) is 33.8 Å². The Kier molecular flexibility index (Phi) is 6.19. The quantitative estimate of drug-likeness (QED) is 0.716. The number of phenolic OH excluding ortho intramolecular Hbond substituents is 1. The van der Waals surface area contributed by atoms with E-state index in [2.05, 4.69) is 11.0 Å². The highest BCUT2D eigenvalue weighted by molar-refractivity contribution is 5.94. The van der Waals surface area contributed by atoms with Gasteiger partial charge in [-0.1, -0.05) is 30.3 Å². The Morgan fingerprint density at radius 3 is 2.67 bits per heavy atom. The van der Waals surface area contributed by atoms with Gasteiger partial charge in [-0.05, 0) is 74.4 Å². The van der Waals surface area contributed by atoms with Gasteiger partial charge in [0.1, 0.15) is 5.75 Å². The van der Waals surface area contributed by atoms with Crippen LogP contribution in [0.3, 0.4) is 0 Å². The van der Waals surface area contributed by atoms with Crippen molar-refractivity contribution < 1.29 is 14.6 Å². The third kappa shape index (κ3) is 4.41. The summed E-state index contributed by atoms with van der Waals surface area (Å²) in [6.07, 6.45) is 5.56. The number of piperidine rings is 1. The fraction of sp³-hybridized carbons (Fsp3) is 0.536. The summed E-state index contributed by atoms with van der Waals surface area (Å²) < 4.78 is 6.15. The van der Waals surface area contributed by atoms with Crippen molar-refractivity contribution in [1.82, 2.24) is 9.80 Å². The first kappa shape index (κ1) is 22.4. The number of carbonyl (C=O) groups is 1. The molecule has 33 heavy (non-hydrogen) atoms. The van der Waals surface area contributed by atoms with E-state index in [0.717, 1.165) is 43.8 Å². The summed E-state index contributed by atoms with van der Waals surface area (Å²) in [5.41, 5.74) is 1.79.